The van der Waals surface area contributed by atoms with Crippen molar-refractivity contribution in [1.29, 1.82) is 0 Å². The number of aryl methyl sites for hydroxylation is 1. The summed E-state index contributed by atoms with van der Waals surface area (Å²) in [6.45, 7) is 6.35. The van der Waals surface area contributed by atoms with Gasteiger partial charge in [0.05, 0.1) is 6.33 Å². The van der Waals surface area contributed by atoms with E-state index in [2.05, 4.69) is 55.1 Å². The average Bonchev–Trinajstić information content (AvgIpc) is 3.13. The second kappa shape index (κ2) is 7.37. The van der Waals surface area contributed by atoms with Gasteiger partial charge in [0.15, 0.2) is 11.5 Å². The number of piperidine rings is 1. The second-order valence-corrected chi connectivity index (χ2v) is 7.10. The molecule has 4 heterocycles. The first-order chi connectivity index (χ1) is 12.7. The molecule has 0 radical (unpaired) electrons. The molecule has 7 heteroatoms. The minimum Gasteiger partial charge on any atom is -0.355 e. The zero-order valence-electron chi connectivity index (χ0n) is 15.3. The van der Waals surface area contributed by atoms with Gasteiger partial charge in [0.2, 0.25) is 0 Å². The van der Waals surface area contributed by atoms with Gasteiger partial charge in [-0.15, -0.1) is 0 Å². The molecular formula is C19H25N7. The maximum absolute atomic E-state index is 4.52. The van der Waals surface area contributed by atoms with E-state index in [1.54, 1.807) is 12.7 Å². The van der Waals surface area contributed by atoms with Crippen molar-refractivity contribution in [3.63, 3.8) is 0 Å². The molecule has 0 aliphatic carbocycles. The smallest absolute Gasteiger partial charge is 0.182 e. The number of H-pyrrole nitrogens is 1. The highest BCUT2D eigenvalue weighted by atomic mass is 15.2. The summed E-state index contributed by atoms with van der Waals surface area (Å²) in [5.74, 6) is 0.961. The fourth-order valence-corrected chi connectivity index (χ4v) is 3.73. The summed E-state index contributed by atoms with van der Waals surface area (Å²) in [5, 5.41) is 3.78. The highest BCUT2D eigenvalue weighted by Gasteiger charge is 2.23. The number of aromatic amines is 1. The Kier molecular flexibility index (Phi) is 4.79. The van der Waals surface area contributed by atoms with E-state index in [0.717, 1.165) is 49.3 Å². The topological polar surface area (TPSA) is 82.6 Å². The van der Waals surface area contributed by atoms with Gasteiger partial charge >= 0.3 is 0 Å². The fraction of sp³-hybridized carbons (Fsp3) is 0.474. The van der Waals surface area contributed by atoms with Crippen molar-refractivity contribution in [2.45, 2.75) is 45.2 Å². The molecular weight excluding hydrogens is 326 g/mol. The number of aromatic nitrogens is 5. The van der Waals surface area contributed by atoms with Crippen LogP contribution in [0.15, 0.2) is 31.0 Å². The molecule has 1 atom stereocenters. The van der Waals surface area contributed by atoms with Gasteiger partial charge < -0.3 is 15.2 Å². The molecule has 136 valence electrons. The molecule has 0 amide bonds. The zero-order valence-corrected chi connectivity index (χ0v) is 15.3. The summed E-state index contributed by atoms with van der Waals surface area (Å²) >= 11 is 0. The lowest BCUT2D eigenvalue weighted by Crippen LogP contribution is -2.46. The lowest BCUT2D eigenvalue weighted by atomic mass is 10.0. The number of nitrogens with one attached hydrogen (secondary N) is 2. The second-order valence-electron chi connectivity index (χ2n) is 7.10. The Labute approximate surface area is 153 Å². The number of anilines is 1. The molecule has 26 heavy (non-hydrogen) atoms. The first-order valence-electron chi connectivity index (χ1n) is 9.26. The maximum atomic E-state index is 4.52. The molecule has 0 bridgehead atoms. The van der Waals surface area contributed by atoms with Crippen LogP contribution in [0.25, 0.3) is 11.2 Å². The van der Waals surface area contributed by atoms with Crippen LogP contribution >= 0.6 is 0 Å². The number of rotatable bonds is 5. The summed E-state index contributed by atoms with van der Waals surface area (Å²) in [6, 6.07) is 5.07. The number of imidazole rings is 1. The molecule has 1 aliphatic rings. The van der Waals surface area contributed by atoms with Crippen LogP contribution < -0.4 is 10.2 Å². The summed E-state index contributed by atoms with van der Waals surface area (Å²) in [5.41, 5.74) is 4.11. The lowest BCUT2D eigenvalue weighted by molar-refractivity contribution is 0.373. The molecule has 3 aromatic rings. The van der Waals surface area contributed by atoms with Gasteiger partial charge in [0.25, 0.3) is 0 Å². The van der Waals surface area contributed by atoms with Crippen LogP contribution in [0, 0.1) is 6.92 Å². The highest BCUT2D eigenvalue weighted by molar-refractivity contribution is 5.82. The first-order valence-corrected chi connectivity index (χ1v) is 9.26. The Morgan fingerprint density at radius 1 is 1.23 bits per heavy atom. The normalized spacial score (nSPS) is 16.9. The standard InChI is InChI=1S/C19H25N7/c1-13-4-3-7-20-16(13)10-14(2)25-15-5-8-26(9-6-15)19-17-18(22-11-21-17)23-12-24-19/h3-4,7,11-12,14-15,25H,5-6,8-10H2,1-2H3,(H,21,22,23,24). The van der Waals surface area contributed by atoms with Gasteiger partial charge in [-0.25, -0.2) is 15.0 Å². The van der Waals surface area contributed by atoms with Crippen molar-refractivity contribution < 1.29 is 0 Å². The molecule has 0 saturated carbocycles. The summed E-state index contributed by atoms with van der Waals surface area (Å²) in [4.78, 5) is 22.9. The molecule has 3 aromatic heterocycles. The molecule has 0 aromatic carbocycles. The van der Waals surface area contributed by atoms with Gasteiger partial charge in [-0.1, -0.05) is 6.07 Å². The van der Waals surface area contributed by atoms with Crippen molar-refractivity contribution in [3.8, 4) is 0 Å². The van der Waals surface area contributed by atoms with E-state index in [9.17, 15) is 0 Å². The van der Waals surface area contributed by atoms with Crippen LogP contribution in [-0.2, 0) is 6.42 Å². The van der Waals surface area contributed by atoms with Gasteiger partial charge in [0.1, 0.15) is 11.8 Å². The van der Waals surface area contributed by atoms with E-state index >= 15 is 0 Å². The van der Waals surface area contributed by atoms with Crippen LogP contribution in [0.2, 0.25) is 0 Å². The molecule has 7 nitrogen and oxygen atoms in total. The SMILES string of the molecule is Cc1cccnc1CC(C)NC1CCN(c2ncnc3nc[nH]c23)CC1. The Morgan fingerprint density at radius 2 is 2.08 bits per heavy atom. The van der Waals surface area contributed by atoms with Crippen molar-refractivity contribution >= 4 is 17.0 Å². The van der Waals surface area contributed by atoms with Crippen LogP contribution in [0.4, 0.5) is 5.82 Å². The van der Waals surface area contributed by atoms with Crippen LogP contribution in [0.5, 0.6) is 0 Å². The molecule has 4 rings (SSSR count). The Bertz CT molecular complexity index is 867. The molecule has 0 spiro atoms. The Hall–Kier alpha value is -2.54. The molecule has 1 saturated heterocycles. The quantitative estimate of drug-likeness (QED) is 0.734. The van der Waals surface area contributed by atoms with Gasteiger partial charge in [0, 0.05) is 43.5 Å². The minimum absolute atomic E-state index is 0.415. The summed E-state index contributed by atoms with van der Waals surface area (Å²) in [6.07, 6.45) is 8.33. The number of nitrogens with zero attached hydrogens (tertiary/aromatic N) is 5. The monoisotopic (exact) mass is 351 g/mol. The first kappa shape index (κ1) is 16.9. The van der Waals surface area contributed by atoms with Gasteiger partial charge in [-0.05, 0) is 38.3 Å². The number of hydrogen-bond donors (Lipinski definition) is 2. The van der Waals surface area contributed by atoms with E-state index in [0.29, 0.717) is 12.1 Å². The van der Waals surface area contributed by atoms with Crippen molar-refractivity contribution in [3.05, 3.63) is 42.2 Å². The third-order valence-electron chi connectivity index (χ3n) is 5.14. The highest BCUT2D eigenvalue weighted by Crippen LogP contribution is 2.23. The Morgan fingerprint density at radius 3 is 2.88 bits per heavy atom. The van der Waals surface area contributed by atoms with Crippen molar-refractivity contribution in [2.75, 3.05) is 18.0 Å². The summed E-state index contributed by atoms with van der Waals surface area (Å²) < 4.78 is 0. The van der Waals surface area contributed by atoms with E-state index in [1.165, 1.54) is 11.3 Å². The number of fused-ring (bicyclic) bond motifs is 1. The van der Waals surface area contributed by atoms with E-state index in [4.69, 9.17) is 0 Å². The van der Waals surface area contributed by atoms with Gasteiger partial charge in [-0.3, -0.25) is 4.98 Å². The Balaban J connectivity index is 1.34. The van der Waals surface area contributed by atoms with Crippen molar-refractivity contribution in [1.82, 2.24) is 30.2 Å². The van der Waals surface area contributed by atoms with Crippen molar-refractivity contribution in [2.24, 2.45) is 0 Å². The van der Waals surface area contributed by atoms with E-state index in [-0.39, 0.29) is 0 Å². The largest absolute Gasteiger partial charge is 0.355 e. The third kappa shape index (κ3) is 3.53. The zero-order chi connectivity index (χ0) is 17.9. The molecule has 1 unspecified atom stereocenters. The van der Waals surface area contributed by atoms with Crippen LogP contribution in [0.3, 0.4) is 0 Å². The maximum Gasteiger partial charge on any atom is 0.182 e. The summed E-state index contributed by atoms with van der Waals surface area (Å²) in [7, 11) is 0. The van der Waals surface area contributed by atoms with E-state index < -0.39 is 0 Å². The molecule has 1 fully saturated rings. The number of pyridine rings is 1. The minimum atomic E-state index is 0.415. The van der Waals surface area contributed by atoms with Crippen LogP contribution in [-0.4, -0.2) is 50.1 Å². The van der Waals surface area contributed by atoms with Crippen LogP contribution in [0.1, 0.15) is 31.0 Å². The van der Waals surface area contributed by atoms with Gasteiger partial charge in [-0.2, -0.15) is 0 Å². The predicted octanol–water partition coefficient (Wildman–Crippen LogP) is 2.25. The predicted molar refractivity (Wildman–Crippen MR) is 102 cm³/mol. The third-order valence-corrected chi connectivity index (χ3v) is 5.14. The number of hydrogen-bond acceptors (Lipinski definition) is 6. The average molecular weight is 351 g/mol. The van der Waals surface area contributed by atoms with E-state index in [1.807, 2.05) is 12.3 Å². The lowest BCUT2D eigenvalue weighted by Gasteiger charge is -2.34. The fourth-order valence-electron chi connectivity index (χ4n) is 3.73. The molecule has 1 aliphatic heterocycles. The molecule has 2 N–H and O–H groups in total.